The van der Waals surface area contributed by atoms with Crippen molar-refractivity contribution < 1.29 is 19.1 Å². The lowest BCUT2D eigenvalue weighted by atomic mass is 10.2. The molecule has 1 aliphatic heterocycles. The zero-order chi connectivity index (χ0) is 15.9. The number of amides is 2. The van der Waals surface area contributed by atoms with Crippen molar-refractivity contribution in [3.05, 3.63) is 24.3 Å². The maximum Gasteiger partial charge on any atom is 0.226 e. The number of hydrogen-bond donors (Lipinski definition) is 0. The number of carbonyl (C=O) groups excluding carboxylic acids is 2. The molecule has 2 rings (SSSR count). The normalized spacial score (nSPS) is 14.6. The molecule has 1 aromatic rings. The van der Waals surface area contributed by atoms with Crippen LogP contribution in [0.1, 0.15) is 13.3 Å². The van der Waals surface area contributed by atoms with Gasteiger partial charge >= 0.3 is 0 Å². The molecule has 0 bridgehead atoms. The summed E-state index contributed by atoms with van der Waals surface area (Å²) in [6.45, 7) is 4.26. The molecule has 1 fully saturated rings. The van der Waals surface area contributed by atoms with Crippen molar-refractivity contribution in [2.24, 2.45) is 0 Å². The molecule has 1 aromatic carbocycles. The van der Waals surface area contributed by atoms with Crippen LogP contribution >= 0.6 is 0 Å². The first-order valence-corrected chi connectivity index (χ1v) is 7.41. The average molecular weight is 306 g/mol. The average Bonchev–Trinajstić information content (AvgIpc) is 2.55. The van der Waals surface area contributed by atoms with E-state index in [9.17, 15) is 9.59 Å². The van der Waals surface area contributed by atoms with Crippen LogP contribution < -0.4 is 9.47 Å². The van der Waals surface area contributed by atoms with Gasteiger partial charge < -0.3 is 19.3 Å². The number of carbonyl (C=O) groups is 2. The molecule has 0 radical (unpaired) electrons. The van der Waals surface area contributed by atoms with E-state index in [1.165, 1.54) is 0 Å². The second-order valence-corrected chi connectivity index (χ2v) is 5.14. The smallest absolute Gasteiger partial charge is 0.226 e. The monoisotopic (exact) mass is 306 g/mol. The highest BCUT2D eigenvalue weighted by atomic mass is 16.5. The van der Waals surface area contributed by atoms with Gasteiger partial charge in [0.1, 0.15) is 0 Å². The highest BCUT2D eigenvalue weighted by Crippen LogP contribution is 2.25. The van der Waals surface area contributed by atoms with Gasteiger partial charge in [0.05, 0.1) is 20.1 Å². The third-order valence-corrected chi connectivity index (χ3v) is 3.72. The molecule has 6 heteroatoms. The molecule has 0 atom stereocenters. The Morgan fingerprint density at radius 2 is 1.64 bits per heavy atom. The van der Waals surface area contributed by atoms with Crippen molar-refractivity contribution >= 4 is 11.8 Å². The summed E-state index contributed by atoms with van der Waals surface area (Å²) in [6.07, 6.45) is 0.318. The van der Waals surface area contributed by atoms with E-state index in [4.69, 9.17) is 9.47 Å². The molecule has 0 saturated carbocycles. The van der Waals surface area contributed by atoms with Gasteiger partial charge in [-0.25, -0.2) is 0 Å². The molecule has 2 amide bonds. The first-order chi connectivity index (χ1) is 10.6. The van der Waals surface area contributed by atoms with Crippen LogP contribution in [-0.2, 0) is 9.59 Å². The molecular formula is C16H22N2O4. The Bertz CT molecular complexity index is 525. The van der Waals surface area contributed by atoms with Crippen molar-refractivity contribution in [2.45, 2.75) is 13.3 Å². The fraction of sp³-hybridized carbons (Fsp3) is 0.500. The molecule has 22 heavy (non-hydrogen) atoms. The lowest BCUT2D eigenvalue weighted by Crippen LogP contribution is -2.50. The van der Waals surface area contributed by atoms with Crippen LogP contribution in [0.2, 0.25) is 0 Å². The Balaban J connectivity index is 1.75. The SMILES string of the molecule is COc1ccccc1OCCC(=O)N1CCN(C(C)=O)CC1. The summed E-state index contributed by atoms with van der Waals surface area (Å²) in [4.78, 5) is 26.9. The minimum atomic E-state index is 0.0538. The van der Waals surface area contributed by atoms with Gasteiger partial charge in [0.15, 0.2) is 11.5 Å². The van der Waals surface area contributed by atoms with Crippen molar-refractivity contribution in [1.82, 2.24) is 9.80 Å². The van der Waals surface area contributed by atoms with Crippen LogP contribution in [0.5, 0.6) is 11.5 Å². The Morgan fingerprint density at radius 1 is 1.05 bits per heavy atom. The maximum absolute atomic E-state index is 12.1. The molecule has 1 aliphatic rings. The van der Waals surface area contributed by atoms with E-state index < -0.39 is 0 Å². The predicted octanol–water partition coefficient (Wildman–Crippen LogP) is 1.15. The number of benzene rings is 1. The van der Waals surface area contributed by atoms with Gasteiger partial charge in [-0.2, -0.15) is 0 Å². The second kappa shape index (κ2) is 7.68. The minimum absolute atomic E-state index is 0.0538. The molecular weight excluding hydrogens is 284 g/mol. The van der Waals surface area contributed by atoms with Gasteiger partial charge in [0.25, 0.3) is 0 Å². The van der Waals surface area contributed by atoms with Gasteiger partial charge in [-0.15, -0.1) is 0 Å². The number of nitrogens with zero attached hydrogens (tertiary/aromatic N) is 2. The summed E-state index contributed by atoms with van der Waals surface area (Å²) in [6, 6.07) is 7.36. The van der Waals surface area contributed by atoms with Crippen LogP contribution in [0.3, 0.4) is 0 Å². The van der Waals surface area contributed by atoms with Gasteiger partial charge in [-0.3, -0.25) is 9.59 Å². The summed E-state index contributed by atoms with van der Waals surface area (Å²) in [5, 5.41) is 0. The highest BCUT2D eigenvalue weighted by molar-refractivity contribution is 5.77. The molecule has 1 heterocycles. The van der Waals surface area contributed by atoms with Crippen LogP contribution in [0.25, 0.3) is 0 Å². The molecule has 0 aliphatic carbocycles. The van der Waals surface area contributed by atoms with Crippen molar-refractivity contribution in [3.8, 4) is 11.5 Å². The Hall–Kier alpha value is -2.24. The molecule has 120 valence electrons. The topological polar surface area (TPSA) is 59.1 Å². The summed E-state index contributed by atoms with van der Waals surface area (Å²) < 4.78 is 10.8. The van der Waals surface area contributed by atoms with Gasteiger partial charge in [0.2, 0.25) is 11.8 Å². The van der Waals surface area contributed by atoms with Crippen LogP contribution in [-0.4, -0.2) is 61.5 Å². The third-order valence-electron chi connectivity index (χ3n) is 3.72. The molecule has 0 spiro atoms. The van der Waals surface area contributed by atoms with Crippen molar-refractivity contribution in [2.75, 3.05) is 39.9 Å². The number of ether oxygens (including phenoxy) is 2. The van der Waals surface area contributed by atoms with E-state index in [1.807, 2.05) is 24.3 Å². The number of hydrogen-bond acceptors (Lipinski definition) is 4. The molecule has 6 nitrogen and oxygen atoms in total. The lowest BCUT2D eigenvalue weighted by Gasteiger charge is -2.34. The number of piperazine rings is 1. The highest BCUT2D eigenvalue weighted by Gasteiger charge is 2.22. The summed E-state index contributed by atoms with van der Waals surface area (Å²) in [5.74, 6) is 1.41. The van der Waals surface area contributed by atoms with E-state index in [0.29, 0.717) is 50.7 Å². The lowest BCUT2D eigenvalue weighted by molar-refractivity contribution is -0.138. The Labute approximate surface area is 130 Å². The standard InChI is InChI=1S/C16H22N2O4/c1-13(19)17-8-10-18(11-9-17)16(20)7-12-22-15-6-4-3-5-14(15)21-2/h3-6H,7-12H2,1-2H3. The first-order valence-electron chi connectivity index (χ1n) is 7.41. The summed E-state index contributed by atoms with van der Waals surface area (Å²) in [7, 11) is 1.59. The van der Waals surface area contributed by atoms with E-state index in [2.05, 4.69) is 0 Å². The largest absolute Gasteiger partial charge is 0.493 e. The fourth-order valence-electron chi connectivity index (χ4n) is 2.42. The number of rotatable bonds is 5. The molecule has 0 unspecified atom stereocenters. The Kier molecular flexibility index (Phi) is 5.63. The first kappa shape index (κ1) is 16.1. The minimum Gasteiger partial charge on any atom is -0.493 e. The van der Waals surface area contributed by atoms with Crippen LogP contribution in [0.4, 0.5) is 0 Å². The quantitative estimate of drug-likeness (QED) is 0.819. The summed E-state index contributed by atoms with van der Waals surface area (Å²) in [5.41, 5.74) is 0. The van der Waals surface area contributed by atoms with Crippen molar-refractivity contribution in [3.63, 3.8) is 0 Å². The number of para-hydroxylation sites is 2. The van der Waals surface area contributed by atoms with E-state index in [-0.39, 0.29) is 11.8 Å². The molecule has 0 N–H and O–H groups in total. The zero-order valence-corrected chi connectivity index (χ0v) is 13.1. The van der Waals surface area contributed by atoms with E-state index in [1.54, 1.807) is 23.8 Å². The van der Waals surface area contributed by atoms with Gasteiger partial charge in [-0.05, 0) is 12.1 Å². The van der Waals surface area contributed by atoms with Crippen molar-refractivity contribution in [1.29, 1.82) is 0 Å². The predicted molar refractivity (Wildman–Crippen MR) is 81.9 cm³/mol. The fourth-order valence-corrected chi connectivity index (χ4v) is 2.42. The van der Waals surface area contributed by atoms with E-state index >= 15 is 0 Å². The maximum atomic E-state index is 12.1. The number of methoxy groups -OCH3 is 1. The molecule has 1 saturated heterocycles. The van der Waals surface area contributed by atoms with Crippen LogP contribution in [0.15, 0.2) is 24.3 Å². The Morgan fingerprint density at radius 3 is 2.23 bits per heavy atom. The third kappa shape index (κ3) is 4.13. The second-order valence-electron chi connectivity index (χ2n) is 5.14. The van der Waals surface area contributed by atoms with Crippen LogP contribution in [0, 0.1) is 0 Å². The van der Waals surface area contributed by atoms with Gasteiger partial charge in [0, 0.05) is 33.1 Å². The molecule has 0 aromatic heterocycles. The zero-order valence-electron chi connectivity index (χ0n) is 13.1. The van der Waals surface area contributed by atoms with Gasteiger partial charge in [-0.1, -0.05) is 12.1 Å². The summed E-state index contributed by atoms with van der Waals surface area (Å²) >= 11 is 0. The van der Waals surface area contributed by atoms with E-state index in [0.717, 1.165) is 0 Å².